The molecule has 0 N–H and O–H groups in total. The number of alkyl halides is 3. The van der Waals surface area contributed by atoms with Crippen LogP contribution in [0, 0.1) is 0 Å². The third-order valence-corrected chi connectivity index (χ3v) is 3.61. The summed E-state index contributed by atoms with van der Waals surface area (Å²) in [6, 6.07) is 6.74. The maximum atomic E-state index is 13.7. The van der Waals surface area contributed by atoms with E-state index < -0.39 is 31.8 Å². The number of hydrogen-bond acceptors (Lipinski definition) is 4. The summed E-state index contributed by atoms with van der Waals surface area (Å²) in [6.07, 6.45) is -5.24. The third kappa shape index (κ3) is 3.56. The molecule has 0 aliphatic carbocycles. The van der Waals surface area contributed by atoms with E-state index in [-0.39, 0.29) is 5.56 Å². The van der Waals surface area contributed by atoms with Gasteiger partial charge in [0.2, 0.25) is 5.78 Å². The highest BCUT2D eigenvalue weighted by atomic mass is 28.4. The molecule has 1 unspecified atom stereocenters. The van der Waals surface area contributed by atoms with Crippen LogP contribution in [0.2, 0.25) is 19.6 Å². The Bertz CT molecular complexity index is 551. The number of Topliss-reactive ketones (excluding diaryl/α,β-unsaturated/α-hetero) is 1. The van der Waals surface area contributed by atoms with Crippen LogP contribution in [0.5, 0.6) is 0 Å². The van der Waals surface area contributed by atoms with E-state index in [4.69, 9.17) is 4.43 Å². The molecule has 0 saturated carbocycles. The van der Waals surface area contributed by atoms with Gasteiger partial charge in [-0.2, -0.15) is 13.2 Å². The second-order valence-electron chi connectivity index (χ2n) is 5.58. The van der Waals surface area contributed by atoms with Crippen molar-refractivity contribution in [3.8, 4) is 0 Å². The van der Waals surface area contributed by atoms with Crippen LogP contribution >= 0.6 is 0 Å². The lowest BCUT2D eigenvalue weighted by molar-refractivity contribution is -0.236. The molecule has 0 fully saturated rings. The largest absolute Gasteiger partial charge is 0.466 e. The maximum absolute atomic E-state index is 13.7. The Balaban J connectivity index is 3.56. The Hall–Kier alpha value is -1.67. The molecule has 8 heteroatoms. The zero-order chi connectivity index (χ0) is 17.2. The molecule has 0 spiro atoms. The van der Waals surface area contributed by atoms with Gasteiger partial charge >= 0.3 is 17.7 Å². The number of methoxy groups -OCH3 is 1. The molecule has 0 amide bonds. The SMILES string of the molecule is COC(=O)C(O[Si](C)(C)C)(C(=O)c1ccccc1)C(F)(F)F. The van der Waals surface area contributed by atoms with Crippen molar-refractivity contribution in [3.63, 3.8) is 0 Å². The van der Waals surface area contributed by atoms with Gasteiger partial charge in [0.1, 0.15) is 0 Å². The van der Waals surface area contributed by atoms with Gasteiger partial charge in [-0.1, -0.05) is 30.3 Å². The summed E-state index contributed by atoms with van der Waals surface area (Å²) < 4.78 is 50.3. The predicted octanol–water partition coefficient (Wildman–Crippen LogP) is 3.19. The molecule has 0 aliphatic heterocycles. The van der Waals surface area contributed by atoms with Crippen LogP contribution in [0.15, 0.2) is 30.3 Å². The number of ketones is 1. The molecular weight excluding hydrogens is 317 g/mol. The number of carbonyl (C=O) groups excluding carboxylic acids is 2. The maximum Gasteiger partial charge on any atom is 0.435 e. The van der Waals surface area contributed by atoms with Crippen molar-refractivity contribution in [2.24, 2.45) is 0 Å². The van der Waals surface area contributed by atoms with Crippen molar-refractivity contribution in [2.75, 3.05) is 7.11 Å². The number of carbonyl (C=O) groups is 2. The van der Waals surface area contributed by atoms with Crippen LogP contribution in [0.25, 0.3) is 0 Å². The minimum Gasteiger partial charge on any atom is -0.466 e. The lowest BCUT2D eigenvalue weighted by atomic mass is 9.92. The van der Waals surface area contributed by atoms with E-state index in [0.717, 1.165) is 7.11 Å². The fourth-order valence-corrected chi connectivity index (χ4v) is 3.09. The van der Waals surface area contributed by atoms with Gasteiger partial charge in [-0.3, -0.25) is 4.79 Å². The highest BCUT2D eigenvalue weighted by Crippen LogP contribution is 2.39. The molecule has 0 aromatic heterocycles. The molecular formula is C14H17F3O4Si. The van der Waals surface area contributed by atoms with Gasteiger partial charge < -0.3 is 9.16 Å². The average Bonchev–Trinajstić information content (AvgIpc) is 2.41. The number of ether oxygens (including phenoxy) is 1. The molecule has 0 aliphatic rings. The van der Waals surface area contributed by atoms with Gasteiger partial charge in [-0.25, -0.2) is 4.79 Å². The van der Waals surface area contributed by atoms with Crippen molar-refractivity contribution in [1.82, 2.24) is 0 Å². The Labute approximate surface area is 127 Å². The van der Waals surface area contributed by atoms with Crippen molar-refractivity contribution >= 4 is 20.1 Å². The third-order valence-electron chi connectivity index (χ3n) is 2.69. The van der Waals surface area contributed by atoms with Gasteiger partial charge in [0.15, 0.2) is 8.32 Å². The fourth-order valence-electron chi connectivity index (χ4n) is 1.88. The number of esters is 1. The molecule has 0 bridgehead atoms. The molecule has 1 rings (SSSR count). The summed E-state index contributed by atoms with van der Waals surface area (Å²) in [6.45, 7) is 4.36. The topological polar surface area (TPSA) is 52.6 Å². The van der Waals surface area contributed by atoms with Crippen molar-refractivity contribution < 1.29 is 31.9 Å². The molecule has 4 nitrogen and oxygen atoms in total. The number of halogens is 3. The first kappa shape index (κ1) is 18.4. The Kier molecular flexibility index (Phi) is 5.19. The van der Waals surface area contributed by atoms with Gasteiger partial charge in [0.25, 0.3) is 0 Å². The van der Waals surface area contributed by atoms with E-state index >= 15 is 0 Å². The normalized spacial score (nSPS) is 15.0. The summed E-state index contributed by atoms with van der Waals surface area (Å²) in [4.78, 5) is 24.4. The van der Waals surface area contributed by atoms with E-state index in [9.17, 15) is 22.8 Å². The highest BCUT2D eigenvalue weighted by molar-refractivity contribution is 6.70. The molecule has 122 valence electrons. The molecule has 1 aromatic rings. The molecule has 22 heavy (non-hydrogen) atoms. The summed E-state index contributed by atoms with van der Waals surface area (Å²) in [5.74, 6) is -3.24. The Morgan fingerprint density at radius 1 is 1.05 bits per heavy atom. The zero-order valence-electron chi connectivity index (χ0n) is 12.7. The van der Waals surface area contributed by atoms with Crippen molar-refractivity contribution in [2.45, 2.75) is 31.4 Å². The van der Waals surface area contributed by atoms with Crippen molar-refractivity contribution in [1.29, 1.82) is 0 Å². The lowest BCUT2D eigenvalue weighted by Crippen LogP contribution is -2.64. The fraction of sp³-hybridized carbons (Fsp3) is 0.429. The van der Waals surface area contributed by atoms with E-state index in [0.29, 0.717) is 0 Å². The number of benzene rings is 1. The Morgan fingerprint density at radius 2 is 1.55 bits per heavy atom. The van der Waals surface area contributed by atoms with E-state index in [2.05, 4.69) is 4.74 Å². The number of rotatable bonds is 5. The van der Waals surface area contributed by atoms with Crippen LogP contribution in [-0.2, 0) is 14.0 Å². The summed E-state index contributed by atoms with van der Waals surface area (Å²) in [7, 11) is -2.13. The zero-order valence-corrected chi connectivity index (χ0v) is 13.7. The first-order valence-electron chi connectivity index (χ1n) is 6.41. The van der Waals surface area contributed by atoms with Gasteiger partial charge in [-0.05, 0) is 19.6 Å². The molecule has 1 aromatic carbocycles. The molecule has 0 heterocycles. The number of hydrogen-bond donors (Lipinski definition) is 0. The summed E-state index contributed by atoms with van der Waals surface area (Å²) in [5.41, 5.74) is -3.92. The summed E-state index contributed by atoms with van der Waals surface area (Å²) >= 11 is 0. The first-order chi connectivity index (χ1) is 9.95. The predicted molar refractivity (Wildman–Crippen MR) is 76.0 cm³/mol. The minimum atomic E-state index is -5.24. The molecule has 0 radical (unpaired) electrons. The highest BCUT2D eigenvalue weighted by Gasteiger charge is 2.69. The van der Waals surface area contributed by atoms with Crippen LogP contribution < -0.4 is 0 Å². The van der Waals surface area contributed by atoms with Crippen molar-refractivity contribution in [3.05, 3.63) is 35.9 Å². The standard InChI is InChI=1S/C14H17F3O4Si/c1-20-12(19)13(14(15,16)17,21-22(2,3)4)11(18)10-8-6-5-7-9-10/h5-9H,1-4H3. The van der Waals surface area contributed by atoms with E-state index in [1.807, 2.05) is 0 Å². The quantitative estimate of drug-likeness (QED) is 0.359. The average molecular weight is 334 g/mol. The second-order valence-corrected chi connectivity index (χ2v) is 10.0. The molecule has 1 atom stereocenters. The molecule has 0 saturated heterocycles. The monoisotopic (exact) mass is 334 g/mol. The van der Waals surface area contributed by atoms with Crippen LogP contribution in [0.3, 0.4) is 0 Å². The lowest BCUT2D eigenvalue weighted by Gasteiger charge is -2.36. The summed E-state index contributed by atoms with van der Waals surface area (Å²) in [5, 5.41) is 0. The van der Waals surface area contributed by atoms with Crippen LogP contribution in [0.4, 0.5) is 13.2 Å². The van der Waals surface area contributed by atoms with Gasteiger partial charge in [0.05, 0.1) is 7.11 Å². The van der Waals surface area contributed by atoms with E-state index in [1.165, 1.54) is 43.9 Å². The van der Waals surface area contributed by atoms with Crippen LogP contribution in [0.1, 0.15) is 10.4 Å². The Morgan fingerprint density at radius 3 is 1.91 bits per heavy atom. The second kappa shape index (κ2) is 6.21. The van der Waals surface area contributed by atoms with Gasteiger partial charge in [-0.15, -0.1) is 0 Å². The van der Waals surface area contributed by atoms with Gasteiger partial charge in [0, 0.05) is 5.56 Å². The minimum absolute atomic E-state index is 0.275. The van der Waals surface area contributed by atoms with E-state index in [1.54, 1.807) is 6.07 Å². The smallest absolute Gasteiger partial charge is 0.435 e. The first-order valence-corrected chi connectivity index (χ1v) is 9.81. The van der Waals surface area contributed by atoms with Crippen LogP contribution in [-0.4, -0.2) is 39.0 Å².